The van der Waals surface area contributed by atoms with Crippen molar-refractivity contribution in [2.24, 2.45) is 5.73 Å². The van der Waals surface area contributed by atoms with Crippen molar-refractivity contribution < 1.29 is 4.39 Å². The van der Waals surface area contributed by atoms with Crippen molar-refractivity contribution in [3.63, 3.8) is 0 Å². The SMILES string of the molecule is CCCn1c(C(C)(C)N)nc2cc(F)ccc21. The Morgan fingerprint density at radius 3 is 2.71 bits per heavy atom. The van der Waals surface area contributed by atoms with Gasteiger partial charge in [-0.2, -0.15) is 0 Å². The van der Waals surface area contributed by atoms with Gasteiger partial charge in [-0.3, -0.25) is 0 Å². The number of hydrogen-bond donors (Lipinski definition) is 1. The summed E-state index contributed by atoms with van der Waals surface area (Å²) < 4.78 is 15.3. The van der Waals surface area contributed by atoms with Crippen LogP contribution in [0.2, 0.25) is 0 Å². The molecule has 0 saturated carbocycles. The van der Waals surface area contributed by atoms with E-state index < -0.39 is 5.54 Å². The minimum atomic E-state index is -0.523. The Morgan fingerprint density at radius 2 is 2.12 bits per heavy atom. The van der Waals surface area contributed by atoms with Gasteiger partial charge in [-0.25, -0.2) is 9.37 Å². The highest BCUT2D eigenvalue weighted by atomic mass is 19.1. The van der Waals surface area contributed by atoms with Crippen molar-refractivity contribution in [3.05, 3.63) is 29.8 Å². The van der Waals surface area contributed by atoms with Crippen molar-refractivity contribution in [1.29, 1.82) is 0 Å². The van der Waals surface area contributed by atoms with Crippen molar-refractivity contribution in [2.45, 2.75) is 39.3 Å². The van der Waals surface area contributed by atoms with Crippen molar-refractivity contribution in [1.82, 2.24) is 9.55 Å². The summed E-state index contributed by atoms with van der Waals surface area (Å²) >= 11 is 0. The molecule has 0 radical (unpaired) electrons. The van der Waals surface area contributed by atoms with Crippen LogP contribution in [0.25, 0.3) is 11.0 Å². The summed E-state index contributed by atoms with van der Waals surface area (Å²) in [4.78, 5) is 4.46. The third kappa shape index (κ3) is 2.17. The van der Waals surface area contributed by atoms with Gasteiger partial charge in [0.2, 0.25) is 0 Å². The van der Waals surface area contributed by atoms with Gasteiger partial charge in [0, 0.05) is 12.6 Å². The number of rotatable bonds is 3. The normalized spacial score (nSPS) is 12.3. The molecule has 0 atom stereocenters. The molecule has 17 heavy (non-hydrogen) atoms. The van der Waals surface area contributed by atoms with Crippen LogP contribution in [0.4, 0.5) is 4.39 Å². The highest BCUT2D eigenvalue weighted by molar-refractivity contribution is 5.76. The summed E-state index contributed by atoms with van der Waals surface area (Å²) in [5.74, 6) is 0.542. The van der Waals surface area contributed by atoms with Gasteiger partial charge in [0.15, 0.2) is 0 Å². The Morgan fingerprint density at radius 1 is 1.41 bits per heavy atom. The predicted octanol–water partition coefficient (Wildman–Crippen LogP) is 2.78. The molecule has 0 aliphatic rings. The number of halogens is 1. The second kappa shape index (κ2) is 4.11. The number of fused-ring (bicyclic) bond motifs is 1. The lowest BCUT2D eigenvalue weighted by molar-refractivity contribution is 0.477. The predicted molar refractivity (Wildman–Crippen MR) is 67.2 cm³/mol. The topological polar surface area (TPSA) is 43.8 Å². The number of benzene rings is 1. The zero-order valence-corrected chi connectivity index (χ0v) is 10.5. The van der Waals surface area contributed by atoms with E-state index >= 15 is 0 Å². The summed E-state index contributed by atoms with van der Waals surface area (Å²) in [6.07, 6.45) is 0.992. The second-order valence-corrected chi connectivity index (χ2v) is 4.94. The van der Waals surface area contributed by atoms with E-state index in [0.717, 1.165) is 24.3 Å². The van der Waals surface area contributed by atoms with Crippen LogP contribution in [0.1, 0.15) is 33.0 Å². The Hall–Kier alpha value is -1.42. The molecule has 1 aromatic heterocycles. The molecule has 4 heteroatoms. The minimum absolute atomic E-state index is 0.264. The third-order valence-corrected chi connectivity index (χ3v) is 2.73. The first-order chi connectivity index (χ1) is 7.93. The maximum absolute atomic E-state index is 13.2. The molecule has 2 rings (SSSR count). The Labute approximate surface area is 100 Å². The fraction of sp³-hybridized carbons (Fsp3) is 0.462. The molecule has 0 aliphatic heterocycles. The number of aromatic nitrogens is 2. The van der Waals surface area contributed by atoms with E-state index in [2.05, 4.69) is 16.5 Å². The number of aryl methyl sites for hydroxylation is 1. The van der Waals surface area contributed by atoms with E-state index in [1.54, 1.807) is 6.07 Å². The molecule has 0 aliphatic carbocycles. The van der Waals surface area contributed by atoms with Crippen LogP contribution < -0.4 is 5.73 Å². The first-order valence-electron chi connectivity index (χ1n) is 5.88. The maximum atomic E-state index is 13.2. The molecule has 1 aromatic carbocycles. The maximum Gasteiger partial charge on any atom is 0.129 e. The van der Waals surface area contributed by atoms with Gasteiger partial charge in [-0.05, 0) is 32.4 Å². The van der Waals surface area contributed by atoms with Crippen molar-refractivity contribution >= 4 is 11.0 Å². The van der Waals surface area contributed by atoms with Gasteiger partial charge in [-0.1, -0.05) is 6.92 Å². The van der Waals surface area contributed by atoms with Crippen molar-refractivity contribution in [3.8, 4) is 0 Å². The Balaban J connectivity index is 2.70. The fourth-order valence-electron chi connectivity index (χ4n) is 2.04. The van der Waals surface area contributed by atoms with Gasteiger partial charge < -0.3 is 10.3 Å². The Kier molecular flexibility index (Phi) is 2.91. The van der Waals surface area contributed by atoms with E-state index in [0.29, 0.717) is 5.52 Å². The minimum Gasteiger partial charge on any atom is -0.326 e. The zero-order chi connectivity index (χ0) is 12.6. The number of hydrogen-bond acceptors (Lipinski definition) is 2. The van der Waals surface area contributed by atoms with Crippen LogP contribution >= 0.6 is 0 Å². The summed E-state index contributed by atoms with van der Waals surface area (Å²) in [6.45, 7) is 6.77. The molecule has 0 spiro atoms. The highest BCUT2D eigenvalue weighted by Gasteiger charge is 2.23. The van der Waals surface area contributed by atoms with Crippen LogP contribution in [-0.4, -0.2) is 9.55 Å². The first-order valence-corrected chi connectivity index (χ1v) is 5.88. The average Bonchev–Trinajstić information content (AvgIpc) is 2.56. The zero-order valence-electron chi connectivity index (χ0n) is 10.5. The summed E-state index contributed by atoms with van der Waals surface area (Å²) in [7, 11) is 0. The fourth-order valence-corrected chi connectivity index (χ4v) is 2.04. The molecule has 0 unspecified atom stereocenters. The molecule has 0 bridgehead atoms. The van der Waals surface area contributed by atoms with Crippen LogP contribution in [0.15, 0.2) is 18.2 Å². The van der Waals surface area contributed by atoms with Crippen LogP contribution in [0.5, 0.6) is 0 Å². The molecule has 0 amide bonds. The van der Waals surface area contributed by atoms with E-state index in [1.165, 1.54) is 12.1 Å². The number of imidazole rings is 1. The molecule has 2 aromatic rings. The first kappa shape index (κ1) is 12.0. The molecular weight excluding hydrogens is 217 g/mol. The lowest BCUT2D eigenvalue weighted by Gasteiger charge is -2.19. The number of nitrogens with two attached hydrogens (primary N) is 1. The lowest BCUT2D eigenvalue weighted by Crippen LogP contribution is -2.32. The van der Waals surface area contributed by atoms with Crippen LogP contribution in [0, 0.1) is 5.82 Å². The van der Waals surface area contributed by atoms with E-state index in [9.17, 15) is 4.39 Å². The summed E-state index contributed by atoms with van der Waals surface area (Å²) in [5, 5.41) is 0. The van der Waals surface area contributed by atoms with Crippen molar-refractivity contribution in [2.75, 3.05) is 0 Å². The summed E-state index contributed by atoms with van der Waals surface area (Å²) in [6, 6.07) is 4.68. The standard InChI is InChI=1S/C13H18FN3/c1-4-7-17-11-6-5-9(14)8-10(11)16-12(17)13(2,3)15/h5-6,8H,4,7,15H2,1-3H3. The molecule has 3 nitrogen and oxygen atoms in total. The monoisotopic (exact) mass is 235 g/mol. The van der Waals surface area contributed by atoms with Gasteiger partial charge in [0.1, 0.15) is 11.6 Å². The number of nitrogens with zero attached hydrogens (tertiary/aromatic N) is 2. The third-order valence-electron chi connectivity index (χ3n) is 2.73. The molecule has 0 fully saturated rings. The van der Waals surface area contributed by atoms with E-state index in [-0.39, 0.29) is 5.82 Å². The lowest BCUT2D eigenvalue weighted by atomic mass is 10.1. The van der Waals surface area contributed by atoms with Gasteiger partial charge >= 0.3 is 0 Å². The highest BCUT2D eigenvalue weighted by Crippen LogP contribution is 2.24. The van der Waals surface area contributed by atoms with Crippen LogP contribution in [-0.2, 0) is 12.1 Å². The van der Waals surface area contributed by atoms with Gasteiger partial charge in [0.25, 0.3) is 0 Å². The molecule has 92 valence electrons. The van der Waals surface area contributed by atoms with E-state index in [1.807, 2.05) is 13.8 Å². The molecule has 0 saturated heterocycles. The van der Waals surface area contributed by atoms with Crippen LogP contribution in [0.3, 0.4) is 0 Å². The largest absolute Gasteiger partial charge is 0.326 e. The molecular formula is C13H18FN3. The van der Waals surface area contributed by atoms with Gasteiger partial charge in [0.05, 0.1) is 16.6 Å². The Bertz CT molecular complexity index is 537. The average molecular weight is 235 g/mol. The smallest absolute Gasteiger partial charge is 0.129 e. The second-order valence-electron chi connectivity index (χ2n) is 4.94. The molecule has 2 N–H and O–H groups in total. The summed E-state index contributed by atoms with van der Waals surface area (Å²) in [5.41, 5.74) is 7.21. The molecule has 1 heterocycles. The quantitative estimate of drug-likeness (QED) is 0.889. The van der Waals surface area contributed by atoms with Gasteiger partial charge in [-0.15, -0.1) is 0 Å². The van der Waals surface area contributed by atoms with E-state index in [4.69, 9.17) is 5.73 Å².